The number of unbranched alkanes of at least 4 members (excludes halogenated alkanes) is 1. The van der Waals surface area contributed by atoms with E-state index in [2.05, 4.69) is 9.44 Å². The van der Waals surface area contributed by atoms with Gasteiger partial charge < -0.3 is 4.74 Å². The van der Waals surface area contributed by atoms with E-state index in [0.717, 1.165) is 12.8 Å². The summed E-state index contributed by atoms with van der Waals surface area (Å²) in [6.45, 7) is 4.62. The first-order valence-electron chi connectivity index (χ1n) is 8.64. The Hall–Kier alpha value is -2.10. The third-order valence-corrected chi connectivity index (χ3v) is 6.52. The minimum atomic E-state index is -3.85. The average molecular weight is 413 g/mol. The summed E-state index contributed by atoms with van der Waals surface area (Å²) in [5.41, 5.74) is 0.169. The maximum absolute atomic E-state index is 12.5. The van der Waals surface area contributed by atoms with E-state index in [1.165, 1.54) is 36.4 Å². The molecule has 0 aliphatic carbocycles. The van der Waals surface area contributed by atoms with E-state index in [9.17, 15) is 16.8 Å². The van der Waals surface area contributed by atoms with Crippen molar-refractivity contribution in [3.8, 4) is 5.75 Å². The van der Waals surface area contributed by atoms with Crippen LogP contribution < -0.4 is 14.2 Å². The fourth-order valence-corrected chi connectivity index (χ4v) is 4.46. The fraction of sp³-hybridized carbons (Fsp3) is 0.333. The molecule has 2 N–H and O–H groups in total. The van der Waals surface area contributed by atoms with Gasteiger partial charge in [0.25, 0.3) is 10.0 Å². The van der Waals surface area contributed by atoms with Crippen LogP contribution in [-0.4, -0.2) is 30.0 Å². The van der Waals surface area contributed by atoms with E-state index < -0.39 is 20.0 Å². The van der Waals surface area contributed by atoms with Gasteiger partial charge in [0, 0.05) is 6.54 Å². The first-order valence-corrected chi connectivity index (χ1v) is 11.6. The van der Waals surface area contributed by atoms with Crippen molar-refractivity contribution in [2.24, 2.45) is 0 Å². The monoisotopic (exact) mass is 412 g/mol. The van der Waals surface area contributed by atoms with Crippen LogP contribution in [0.3, 0.4) is 0 Å². The molecule has 0 bridgehead atoms. The van der Waals surface area contributed by atoms with Gasteiger partial charge in [0.1, 0.15) is 5.75 Å². The Bertz CT molecular complexity index is 956. The van der Waals surface area contributed by atoms with Crippen molar-refractivity contribution < 1.29 is 21.6 Å². The van der Waals surface area contributed by atoms with Gasteiger partial charge >= 0.3 is 0 Å². The summed E-state index contributed by atoms with van der Waals surface area (Å²) in [4.78, 5) is 0.0609. The number of anilines is 1. The summed E-state index contributed by atoms with van der Waals surface area (Å²) >= 11 is 0. The molecular formula is C18H24N2O5S2. The standard InChI is InChI=1S/C18H24N2O5S2/c1-3-5-13-19-26(21,22)18-8-6-7-15(14-18)20-27(23,24)17-11-9-16(10-12-17)25-4-2/h6-12,14,19-20H,3-5,13H2,1-2H3. The summed E-state index contributed by atoms with van der Waals surface area (Å²) in [7, 11) is -7.54. The molecule has 7 nitrogen and oxygen atoms in total. The molecule has 9 heteroatoms. The van der Waals surface area contributed by atoms with Gasteiger partial charge in [0.2, 0.25) is 10.0 Å². The molecular weight excluding hydrogens is 388 g/mol. The van der Waals surface area contributed by atoms with Crippen molar-refractivity contribution in [2.75, 3.05) is 17.9 Å². The van der Waals surface area contributed by atoms with Crippen LogP contribution in [0.25, 0.3) is 0 Å². The zero-order valence-electron chi connectivity index (χ0n) is 15.3. The van der Waals surface area contributed by atoms with Gasteiger partial charge in [0.15, 0.2) is 0 Å². The Morgan fingerprint density at radius 2 is 1.59 bits per heavy atom. The molecule has 0 aliphatic rings. The zero-order chi connectivity index (χ0) is 19.9. The molecule has 0 fully saturated rings. The quantitative estimate of drug-likeness (QED) is 0.584. The van der Waals surface area contributed by atoms with Gasteiger partial charge in [-0.05, 0) is 55.8 Å². The van der Waals surface area contributed by atoms with Crippen molar-refractivity contribution in [2.45, 2.75) is 36.5 Å². The molecule has 2 rings (SSSR count). The third-order valence-electron chi connectivity index (χ3n) is 3.66. The second-order valence-electron chi connectivity index (χ2n) is 5.79. The molecule has 0 aliphatic heterocycles. The minimum Gasteiger partial charge on any atom is -0.494 e. The van der Waals surface area contributed by atoms with Crippen molar-refractivity contribution in [3.05, 3.63) is 48.5 Å². The SMILES string of the molecule is CCCCNS(=O)(=O)c1cccc(NS(=O)(=O)c2ccc(OCC)cc2)c1. The minimum absolute atomic E-state index is 0.00509. The Kier molecular flexibility index (Phi) is 7.23. The second-order valence-corrected chi connectivity index (χ2v) is 9.24. The lowest BCUT2D eigenvalue weighted by molar-refractivity contribution is 0.340. The number of hydrogen-bond acceptors (Lipinski definition) is 5. The molecule has 0 atom stereocenters. The molecule has 148 valence electrons. The lowest BCUT2D eigenvalue weighted by Gasteiger charge is -2.11. The molecule has 0 spiro atoms. The van der Waals surface area contributed by atoms with Crippen LogP contribution in [0.4, 0.5) is 5.69 Å². The van der Waals surface area contributed by atoms with Gasteiger partial charge in [-0.25, -0.2) is 21.6 Å². The molecule has 0 heterocycles. The van der Waals surface area contributed by atoms with Crippen LogP contribution in [0.1, 0.15) is 26.7 Å². The maximum atomic E-state index is 12.5. The number of hydrogen-bond donors (Lipinski definition) is 2. The van der Waals surface area contributed by atoms with E-state index >= 15 is 0 Å². The lowest BCUT2D eigenvalue weighted by atomic mass is 10.3. The third kappa shape index (κ3) is 5.95. The molecule has 0 aromatic heterocycles. The van der Waals surface area contributed by atoms with E-state index in [4.69, 9.17) is 4.74 Å². The Balaban J connectivity index is 2.19. The van der Waals surface area contributed by atoms with Crippen LogP contribution in [-0.2, 0) is 20.0 Å². The van der Waals surface area contributed by atoms with E-state index in [1.54, 1.807) is 12.1 Å². The highest BCUT2D eigenvalue weighted by molar-refractivity contribution is 7.92. The molecule has 2 aromatic carbocycles. The van der Waals surface area contributed by atoms with Crippen LogP contribution in [0.5, 0.6) is 5.75 Å². The largest absolute Gasteiger partial charge is 0.494 e. The predicted molar refractivity (Wildman–Crippen MR) is 105 cm³/mol. The van der Waals surface area contributed by atoms with Gasteiger partial charge in [-0.2, -0.15) is 0 Å². The smallest absolute Gasteiger partial charge is 0.261 e. The summed E-state index contributed by atoms with van der Waals surface area (Å²) in [5.74, 6) is 0.572. The van der Waals surface area contributed by atoms with Gasteiger partial charge in [-0.15, -0.1) is 0 Å². The van der Waals surface area contributed by atoms with Crippen molar-refractivity contribution in [1.82, 2.24) is 4.72 Å². The number of sulfonamides is 2. The average Bonchev–Trinajstić information content (AvgIpc) is 2.62. The summed E-state index contributed by atoms with van der Waals surface area (Å²) in [6, 6.07) is 11.7. The number of benzene rings is 2. The van der Waals surface area contributed by atoms with Crippen LogP contribution in [0.15, 0.2) is 58.3 Å². The van der Waals surface area contributed by atoms with Crippen LogP contribution in [0.2, 0.25) is 0 Å². The molecule has 0 saturated carbocycles. The first-order chi connectivity index (χ1) is 12.8. The Morgan fingerprint density at radius 1 is 0.889 bits per heavy atom. The zero-order valence-corrected chi connectivity index (χ0v) is 16.9. The molecule has 2 aromatic rings. The normalized spacial score (nSPS) is 11.9. The molecule has 0 radical (unpaired) electrons. The maximum Gasteiger partial charge on any atom is 0.261 e. The van der Waals surface area contributed by atoms with Gasteiger partial charge in [0.05, 0.1) is 22.1 Å². The topological polar surface area (TPSA) is 102 Å². The number of ether oxygens (including phenoxy) is 1. The highest BCUT2D eigenvalue weighted by atomic mass is 32.2. The van der Waals surface area contributed by atoms with Gasteiger partial charge in [-0.3, -0.25) is 4.72 Å². The number of rotatable bonds is 10. The molecule has 0 amide bonds. The van der Waals surface area contributed by atoms with E-state index in [0.29, 0.717) is 18.9 Å². The molecule has 0 saturated heterocycles. The Labute approximate surface area is 160 Å². The fourth-order valence-electron chi connectivity index (χ4n) is 2.29. The summed E-state index contributed by atoms with van der Waals surface area (Å²) in [6.07, 6.45) is 1.59. The second kappa shape index (κ2) is 9.20. The van der Waals surface area contributed by atoms with Crippen molar-refractivity contribution >= 4 is 25.7 Å². The van der Waals surface area contributed by atoms with Crippen molar-refractivity contribution in [1.29, 1.82) is 0 Å². The summed E-state index contributed by atoms with van der Waals surface area (Å²) < 4.78 is 59.8. The first kappa shape index (κ1) is 21.2. The highest BCUT2D eigenvalue weighted by Gasteiger charge is 2.17. The predicted octanol–water partition coefficient (Wildman–Crippen LogP) is 2.96. The molecule has 0 unspecified atom stereocenters. The van der Waals surface area contributed by atoms with Crippen molar-refractivity contribution in [3.63, 3.8) is 0 Å². The highest BCUT2D eigenvalue weighted by Crippen LogP contribution is 2.21. The van der Waals surface area contributed by atoms with E-state index in [1.807, 2.05) is 13.8 Å². The Morgan fingerprint density at radius 3 is 2.22 bits per heavy atom. The van der Waals surface area contributed by atoms with Crippen LogP contribution >= 0.6 is 0 Å². The lowest BCUT2D eigenvalue weighted by Crippen LogP contribution is -2.24. The van der Waals surface area contributed by atoms with Gasteiger partial charge in [-0.1, -0.05) is 19.4 Å². The number of nitrogens with one attached hydrogen (secondary N) is 2. The van der Waals surface area contributed by atoms with E-state index in [-0.39, 0.29) is 15.5 Å². The van der Waals surface area contributed by atoms with Crippen LogP contribution in [0, 0.1) is 0 Å². The molecule has 27 heavy (non-hydrogen) atoms. The summed E-state index contributed by atoms with van der Waals surface area (Å²) in [5, 5.41) is 0.